The monoisotopic (exact) mass is 348 g/mol. The number of hydrogen-bond acceptors (Lipinski definition) is 6. The van der Waals surface area contributed by atoms with Crippen LogP contribution in [-0.2, 0) is 6.42 Å². The molecule has 0 fully saturated rings. The third-order valence-electron chi connectivity index (χ3n) is 4.14. The van der Waals surface area contributed by atoms with Crippen molar-refractivity contribution in [3.8, 4) is 11.5 Å². The summed E-state index contributed by atoms with van der Waals surface area (Å²) in [5.74, 6) is 3.64. The van der Waals surface area contributed by atoms with Crippen molar-refractivity contribution in [2.24, 2.45) is 0 Å². The zero-order valence-electron chi connectivity index (χ0n) is 14.7. The predicted molar refractivity (Wildman–Crippen MR) is 102 cm³/mol. The summed E-state index contributed by atoms with van der Waals surface area (Å²) in [5.41, 5.74) is 3.18. The summed E-state index contributed by atoms with van der Waals surface area (Å²) in [6, 6.07) is 15.8. The van der Waals surface area contributed by atoms with Crippen LogP contribution < -0.4 is 20.1 Å². The Morgan fingerprint density at radius 3 is 2.54 bits per heavy atom. The van der Waals surface area contributed by atoms with E-state index in [2.05, 4.69) is 39.7 Å². The lowest BCUT2D eigenvalue weighted by molar-refractivity contribution is 0.174. The van der Waals surface area contributed by atoms with Crippen LogP contribution in [0.5, 0.6) is 11.5 Å². The Morgan fingerprint density at radius 1 is 0.923 bits per heavy atom. The van der Waals surface area contributed by atoms with Crippen molar-refractivity contribution in [1.82, 2.24) is 9.97 Å². The van der Waals surface area contributed by atoms with Crippen LogP contribution in [0.25, 0.3) is 0 Å². The van der Waals surface area contributed by atoms with Gasteiger partial charge in [-0.25, -0.2) is 9.97 Å². The van der Waals surface area contributed by atoms with Gasteiger partial charge in [-0.15, -0.1) is 0 Å². The summed E-state index contributed by atoms with van der Waals surface area (Å²) in [6.07, 6.45) is 0.954. The van der Waals surface area contributed by atoms with E-state index in [1.54, 1.807) is 0 Å². The molecule has 26 heavy (non-hydrogen) atoms. The first-order valence-electron chi connectivity index (χ1n) is 8.58. The molecule has 6 heteroatoms. The van der Waals surface area contributed by atoms with E-state index in [1.807, 2.05) is 43.3 Å². The molecule has 0 spiro atoms. The maximum atomic E-state index is 5.42. The Balaban J connectivity index is 1.58. The number of nitrogens with one attached hydrogen (secondary N) is 2. The van der Waals surface area contributed by atoms with Gasteiger partial charge in [-0.2, -0.15) is 0 Å². The standard InChI is InChI=1S/C20H20N4O2/c1-3-14-6-4-5-7-16(14)24-20-11-19(21-13(2)22-20)23-15-8-9-17-18(10-15)26-12-25-17/h4-11H,3,12H2,1-2H3,(H2,21,22,23,24). The van der Waals surface area contributed by atoms with Gasteiger partial charge in [0.1, 0.15) is 17.5 Å². The second kappa shape index (κ2) is 6.92. The minimum atomic E-state index is 0.260. The molecular formula is C20H20N4O2. The van der Waals surface area contributed by atoms with Gasteiger partial charge in [-0.3, -0.25) is 0 Å². The van der Waals surface area contributed by atoms with Gasteiger partial charge in [-0.1, -0.05) is 25.1 Å². The van der Waals surface area contributed by atoms with Gasteiger partial charge >= 0.3 is 0 Å². The molecule has 0 amide bonds. The van der Waals surface area contributed by atoms with Crippen LogP contribution in [-0.4, -0.2) is 16.8 Å². The average molecular weight is 348 g/mol. The van der Waals surface area contributed by atoms with Crippen molar-refractivity contribution in [1.29, 1.82) is 0 Å². The van der Waals surface area contributed by atoms with Crippen LogP contribution in [0, 0.1) is 6.92 Å². The Morgan fingerprint density at radius 2 is 1.69 bits per heavy atom. The van der Waals surface area contributed by atoms with E-state index >= 15 is 0 Å². The highest BCUT2D eigenvalue weighted by Gasteiger charge is 2.13. The first-order valence-corrected chi connectivity index (χ1v) is 8.58. The second-order valence-electron chi connectivity index (χ2n) is 6.01. The lowest BCUT2D eigenvalue weighted by Gasteiger charge is -2.13. The predicted octanol–water partition coefficient (Wildman–Crippen LogP) is 4.56. The minimum absolute atomic E-state index is 0.260. The number of hydrogen-bond donors (Lipinski definition) is 2. The fraction of sp³-hybridized carbons (Fsp3) is 0.200. The van der Waals surface area contributed by atoms with Gasteiger partial charge in [0.05, 0.1) is 0 Å². The average Bonchev–Trinajstić information content (AvgIpc) is 3.09. The van der Waals surface area contributed by atoms with Crippen molar-refractivity contribution in [3.05, 3.63) is 59.9 Å². The van der Waals surface area contributed by atoms with Crippen LogP contribution in [0.15, 0.2) is 48.5 Å². The number of rotatable bonds is 5. The molecule has 0 saturated carbocycles. The molecular weight excluding hydrogens is 328 g/mol. The first-order chi connectivity index (χ1) is 12.7. The molecule has 0 aliphatic carbocycles. The number of fused-ring (bicyclic) bond motifs is 1. The zero-order chi connectivity index (χ0) is 17.9. The van der Waals surface area contributed by atoms with Crippen LogP contribution in [0.4, 0.5) is 23.0 Å². The largest absolute Gasteiger partial charge is 0.454 e. The van der Waals surface area contributed by atoms with Gasteiger partial charge in [0.25, 0.3) is 0 Å². The van der Waals surface area contributed by atoms with Crippen LogP contribution in [0.1, 0.15) is 18.3 Å². The number of benzene rings is 2. The summed E-state index contributed by atoms with van der Waals surface area (Å²) >= 11 is 0. The Kier molecular flexibility index (Phi) is 4.31. The molecule has 0 saturated heterocycles. The maximum absolute atomic E-state index is 5.42. The lowest BCUT2D eigenvalue weighted by atomic mass is 10.1. The molecule has 0 unspecified atom stereocenters. The summed E-state index contributed by atoms with van der Waals surface area (Å²) in [4.78, 5) is 8.97. The van der Waals surface area contributed by atoms with E-state index in [1.165, 1.54) is 5.56 Å². The quantitative estimate of drug-likeness (QED) is 0.704. The summed E-state index contributed by atoms with van der Waals surface area (Å²) in [7, 11) is 0. The SMILES string of the molecule is CCc1ccccc1Nc1cc(Nc2ccc3c(c2)OCO3)nc(C)n1. The molecule has 0 radical (unpaired) electrons. The third-order valence-corrected chi connectivity index (χ3v) is 4.14. The molecule has 1 aliphatic rings. The Labute approximate surface area is 152 Å². The third kappa shape index (κ3) is 3.39. The molecule has 1 aliphatic heterocycles. The molecule has 2 heterocycles. The van der Waals surface area contributed by atoms with Gasteiger partial charge in [0.2, 0.25) is 6.79 Å². The molecule has 0 atom stereocenters. The van der Waals surface area contributed by atoms with E-state index in [0.29, 0.717) is 11.6 Å². The smallest absolute Gasteiger partial charge is 0.231 e. The van der Waals surface area contributed by atoms with Gasteiger partial charge in [-0.05, 0) is 37.1 Å². The fourth-order valence-electron chi connectivity index (χ4n) is 2.91. The number of ether oxygens (including phenoxy) is 2. The van der Waals surface area contributed by atoms with Crippen LogP contribution in [0.3, 0.4) is 0 Å². The van der Waals surface area contributed by atoms with E-state index in [0.717, 1.165) is 35.1 Å². The minimum Gasteiger partial charge on any atom is -0.454 e. The summed E-state index contributed by atoms with van der Waals surface area (Å²) < 4.78 is 10.8. The zero-order valence-corrected chi connectivity index (χ0v) is 14.7. The Bertz CT molecular complexity index is 943. The van der Waals surface area contributed by atoms with Crippen LogP contribution in [0.2, 0.25) is 0 Å². The number of para-hydroxylation sites is 1. The summed E-state index contributed by atoms with van der Waals surface area (Å²) in [5, 5.41) is 6.70. The van der Waals surface area contributed by atoms with Gasteiger partial charge in [0.15, 0.2) is 11.5 Å². The highest BCUT2D eigenvalue weighted by atomic mass is 16.7. The van der Waals surface area contributed by atoms with Crippen molar-refractivity contribution >= 4 is 23.0 Å². The number of aryl methyl sites for hydroxylation is 2. The van der Waals surface area contributed by atoms with Crippen molar-refractivity contribution in [3.63, 3.8) is 0 Å². The van der Waals surface area contributed by atoms with Gasteiger partial charge in [0, 0.05) is 23.5 Å². The highest BCUT2D eigenvalue weighted by Crippen LogP contribution is 2.35. The molecule has 0 bridgehead atoms. The normalized spacial score (nSPS) is 12.1. The van der Waals surface area contributed by atoms with Crippen molar-refractivity contribution < 1.29 is 9.47 Å². The topological polar surface area (TPSA) is 68.3 Å². The van der Waals surface area contributed by atoms with E-state index in [4.69, 9.17) is 9.47 Å². The Hall–Kier alpha value is -3.28. The fourth-order valence-corrected chi connectivity index (χ4v) is 2.91. The maximum Gasteiger partial charge on any atom is 0.231 e. The molecule has 6 nitrogen and oxygen atoms in total. The van der Waals surface area contributed by atoms with E-state index < -0.39 is 0 Å². The summed E-state index contributed by atoms with van der Waals surface area (Å²) in [6.45, 7) is 4.27. The van der Waals surface area contributed by atoms with E-state index in [9.17, 15) is 0 Å². The number of nitrogens with zero attached hydrogens (tertiary/aromatic N) is 2. The molecule has 1 aromatic heterocycles. The van der Waals surface area contributed by atoms with E-state index in [-0.39, 0.29) is 6.79 Å². The second-order valence-corrected chi connectivity index (χ2v) is 6.01. The highest BCUT2D eigenvalue weighted by molar-refractivity contribution is 5.66. The van der Waals surface area contributed by atoms with Crippen LogP contribution >= 0.6 is 0 Å². The molecule has 4 rings (SSSR count). The van der Waals surface area contributed by atoms with Gasteiger partial charge < -0.3 is 20.1 Å². The number of anilines is 4. The lowest BCUT2D eigenvalue weighted by Crippen LogP contribution is -2.02. The first kappa shape index (κ1) is 16.2. The molecule has 3 aromatic rings. The molecule has 2 aromatic carbocycles. The molecule has 132 valence electrons. The van der Waals surface area contributed by atoms with Crippen molar-refractivity contribution in [2.75, 3.05) is 17.4 Å². The number of aromatic nitrogens is 2. The molecule has 2 N–H and O–H groups in total. The van der Waals surface area contributed by atoms with Crippen molar-refractivity contribution in [2.45, 2.75) is 20.3 Å².